The second-order valence-corrected chi connectivity index (χ2v) is 6.88. The van der Waals surface area contributed by atoms with Crippen LogP contribution in [0.15, 0.2) is 41.3 Å². The van der Waals surface area contributed by atoms with Gasteiger partial charge in [0.1, 0.15) is 0 Å². The zero-order valence-electron chi connectivity index (χ0n) is 12.5. The van der Waals surface area contributed by atoms with Gasteiger partial charge < -0.3 is 5.11 Å². The summed E-state index contributed by atoms with van der Waals surface area (Å²) in [6.45, 7) is 5.24. The molecule has 0 unspecified atom stereocenters. The largest absolute Gasteiger partial charge is 0.478 e. The number of carbonyl (C=O) groups is 1. The predicted molar refractivity (Wildman–Crippen MR) is 84.9 cm³/mol. The number of rotatable bonds is 4. The second kappa shape index (κ2) is 5.81. The highest BCUT2D eigenvalue weighted by molar-refractivity contribution is 7.92. The van der Waals surface area contributed by atoms with Crippen LogP contribution >= 0.6 is 0 Å². The van der Waals surface area contributed by atoms with E-state index in [4.69, 9.17) is 0 Å². The smallest absolute Gasteiger partial charge is 0.337 e. The lowest BCUT2D eigenvalue weighted by Crippen LogP contribution is -2.17. The van der Waals surface area contributed by atoms with Crippen LogP contribution in [0.3, 0.4) is 0 Å². The highest BCUT2D eigenvalue weighted by Crippen LogP contribution is 2.24. The molecule has 6 heteroatoms. The maximum Gasteiger partial charge on any atom is 0.337 e. The van der Waals surface area contributed by atoms with Crippen molar-refractivity contribution in [1.29, 1.82) is 0 Å². The van der Waals surface area contributed by atoms with Gasteiger partial charge in [0.15, 0.2) is 0 Å². The molecule has 0 aliphatic carbocycles. The van der Waals surface area contributed by atoms with E-state index in [2.05, 4.69) is 4.72 Å². The fourth-order valence-corrected chi connectivity index (χ4v) is 3.53. The molecule has 22 heavy (non-hydrogen) atoms. The van der Waals surface area contributed by atoms with Crippen molar-refractivity contribution in [3.8, 4) is 0 Å². The average molecular weight is 319 g/mol. The summed E-state index contributed by atoms with van der Waals surface area (Å²) < 4.78 is 27.4. The van der Waals surface area contributed by atoms with Gasteiger partial charge in [0, 0.05) is 0 Å². The first-order valence-electron chi connectivity index (χ1n) is 6.65. The highest BCUT2D eigenvalue weighted by atomic mass is 32.2. The first kappa shape index (κ1) is 16.0. The van der Waals surface area contributed by atoms with Crippen LogP contribution in [0.2, 0.25) is 0 Å². The van der Waals surface area contributed by atoms with E-state index in [1.807, 2.05) is 6.07 Å². The molecule has 0 atom stereocenters. The van der Waals surface area contributed by atoms with Crippen molar-refractivity contribution in [3.05, 3.63) is 58.7 Å². The molecule has 0 saturated heterocycles. The van der Waals surface area contributed by atoms with Gasteiger partial charge in [-0.25, -0.2) is 13.2 Å². The van der Waals surface area contributed by atoms with E-state index in [1.54, 1.807) is 39.0 Å². The third-order valence-corrected chi connectivity index (χ3v) is 4.79. The number of anilines is 1. The lowest BCUT2D eigenvalue weighted by Gasteiger charge is -2.13. The number of carboxylic acids is 1. The quantitative estimate of drug-likeness (QED) is 0.907. The van der Waals surface area contributed by atoms with Crippen LogP contribution in [0.25, 0.3) is 0 Å². The summed E-state index contributed by atoms with van der Waals surface area (Å²) in [5, 5.41) is 9.22. The Kier molecular flexibility index (Phi) is 4.23. The van der Waals surface area contributed by atoms with Crippen LogP contribution < -0.4 is 4.72 Å². The Bertz CT molecular complexity index is 841. The van der Waals surface area contributed by atoms with E-state index in [0.717, 1.165) is 11.1 Å². The third-order valence-electron chi connectivity index (χ3n) is 3.28. The van der Waals surface area contributed by atoms with Crippen molar-refractivity contribution in [2.45, 2.75) is 25.7 Å². The van der Waals surface area contributed by atoms with Gasteiger partial charge in [-0.1, -0.05) is 23.8 Å². The van der Waals surface area contributed by atoms with Crippen LogP contribution in [-0.2, 0) is 10.0 Å². The number of sulfonamides is 1. The SMILES string of the molecule is Cc1ccc(NS(=O)(=O)c2cc(C)ccc2C)c(C(=O)O)c1. The van der Waals surface area contributed by atoms with Gasteiger partial charge in [-0.2, -0.15) is 0 Å². The van der Waals surface area contributed by atoms with Crippen molar-refractivity contribution < 1.29 is 18.3 Å². The number of carboxylic acid groups (broad SMARTS) is 1. The standard InChI is InChI=1S/C16H17NO4S/c1-10-5-7-14(13(8-10)16(18)19)17-22(20,21)15-9-11(2)4-6-12(15)3/h4-9,17H,1-3H3,(H,18,19). The van der Waals surface area contributed by atoms with Crippen LogP contribution in [0.4, 0.5) is 5.69 Å². The number of hydrogen-bond donors (Lipinski definition) is 2. The molecular formula is C16H17NO4S. The van der Waals surface area contributed by atoms with E-state index in [-0.39, 0.29) is 16.1 Å². The number of hydrogen-bond acceptors (Lipinski definition) is 3. The minimum atomic E-state index is -3.85. The fraction of sp³-hybridized carbons (Fsp3) is 0.188. The maximum absolute atomic E-state index is 12.5. The molecule has 0 amide bonds. The monoisotopic (exact) mass is 319 g/mol. The molecule has 0 aliphatic heterocycles. The molecular weight excluding hydrogens is 302 g/mol. The molecule has 0 bridgehead atoms. The average Bonchev–Trinajstić information content (AvgIpc) is 2.43. The molecule has 5 nitrogen and oxygen atoms in total. The topological polar surface area (TPSA) is 83.5 Å². The Morgan fingerprint density at radius 1 is 1.00 bits per heavy atom. The normalized spacial score (nSPS) is 11.2. The third kappa shape index (κ3) is 3.28. The summed E-state index contributed by atoms with van der Waals surface area (Å²) in [7, 11) is -3.85. The second-order valence-electron chi connectivity index (χ2n) is 5.23. The van der Waals surface area contributed by atoms with Gasteiger partial charge in [-0.05, 0) is 50.1 Å². The Hall–Kier alpha value is -2.34. The molecule has 2 aromatic carbocycles. The minimum Gasteiger partial charge on any atom is -0.478 e. The minimum absolute atomic E-state index is 0.0546. The molecule has 0 heterocycles. The first-order chi connectivity index (χ1) is 10.2. The summed E-state index contributed by atoms with van der Waals surface area (Å²) in [4.78, 5) is 11.4. The van der Waals surface area contributed by atoms with E-state index < -0.39 is 16.0 Å². The Morgan fingerprint density at radius 3 is 2.23 bits per heavy atom. The maximum atomic E-state index is 12.5. The zero-order chi connectivity index (χ0) is 16.5. The van der Waals surface area contributed by atoms with Gasteiger partial charge >= 0.3 is 5.97 Å². The molecule has 2 rings (SSSR count). The summed E-state index contributed by atoms with van der Waals surface area (Å²) in [6.07, 6.45) is 0. The molecule has 2 N–H and O–H groups in total. The van der Waals surface area contributed by atoms with E-state index >= 15 is 0 Å². The van der Waals surface area contributed by atoms with E-state index in [0.29, 0.717) is 5.56 Å². The van der Waals surface area contributed by atoms with Crippen LogP contribution in [-0.4, -0.2) is 19.5 Å². The number of aromatic carboxylic acids is 1. The van der Waals surface area contributed by atoms with E-state index in [9.17, 15) is 18.3 Å². The highest BCUT2D eigenvalue weighted by Gasteiger charge is 2.20. The van der Waals surface area contributed by atoms with E-state index in [1.165, 1.54) is 12.1 Å². The van der Waals surface area contributed by atoms with Crippen molar-refractivity contribution in [3.63, 3.8) is 0 Å². The number of nitrogens with one attached hydrogen (secondary N) is 1. The van der Waals surface area contributed by atoms with Crippen molar-refractivity contribution in [1.82, 2.24) is 0 Å². The van der Waals surface area contributed by atoms with Crippen molar-refractivity contribution in [2.24, 2.45) is 0 Å². The van der Waals surface area contributed by atoms with Gasteiger partial charge in [-0.15, -0.1) is 0 Å². The van der Waals surface area contributed by atoms with Crippen LogP contribution in [0.1, 0.15) is 27.0 Å². The summed E-state index contributed by atoms with van der Waals surface area (Å²) >= 11 is 0. The molecule has 2 aromatic rings. The molecule has 0 fully saturated rings. The van der Waals surface area contributed by atoms with Crippen LogP contribution in [0, 0.1) is 20.8 Å². The van der Waals surface area contributed by atoms with Gasteiger partial charge in [0.05, 0.1) is 16.1 Å². The summed E-state index contributed by atoms with van der Waals surface area (Å²) in [5.74, 6) is -1.18. The number of aryl methyl sites for hydroxylation is 3. The molecule has 116 valence electrons. The summed E-state index contributed by atoms with van der Waals surface area (Å²) in [6, 6.07) is 9.66. The fourth-order valence-electron chi connectivity index (χ4n) is 2.12. The van der Waals surface area contributed by atoms with Crippen molar-refractivity contribution >= 4 is 21.7 Å². The lowest BCUT2D eigenvalue weighted by molar-refractivity contribution is 0.0698. The lowest BCUT2D eigenvalue weighted by atomic mass is 10.1. The predicted octanol–water partition coefficient (Wildman–Crippen LogP) is 3.11. The molecule has 0 saturated carbocycles. The number of benzene rings is 2. The van der Waals surface area contributed by atoms with Gasteiger partial charge in [-0.3, -0.25) is 4.72 Å². The molecule has 0 spiro atoms. The van der Waals surface area contributed by atoms with Crippen molar-refractivity contribution in [2.75, 3.05) is 4.72 Å². The van der Waals surface area contributed by atoms with Gasteiger partial charge in [0.2, 0.25) is 0 Å². The van der Waals surface area contributed by atoms with Crippen LogP contribution in [0.5, 0.6) is 0 Å². The Morgan fingerprint density at radius 2 is 1.59 bits per heavy atom. The van der Waals surface area contributed by atoms with Gasteiger partial charge in [0.25, 0.3) is 10.0 Å². The first-order valence-corrected chi connectivity index (χ1v) is 8.13. The Balaban J connectivity index is 2.50. The Labute approximate surface area is 129 Å². The molecule has 0 aliphatic rings. The molecule has 0 radical (unpaired) electrons. The zero-order valence-corrected chi connectivity index (χ0v) is 13.4. The molecule has 0 aromatic heterocycles. The summed E-state index contributed by atoms with van der Waals surface area (Å²) in [5.41, 5.74) is 2.13.